The molecule has 7 nitrogen and oxygen atoms in total. The van der Waals surface area contributed by atoms with Crippen LogP contribution < -0.4 is 20.7 Å². The number of hydrogen-bond acceptors (Lipinski definition) is 4. The summed E-state index contributed by atoms with van der Waals surface area (Å²) in [5.74, 6) is 2.36. The molecule has 3 aromatic rings. The first-order valence-electron chi connectivity index (χ1n) is 11.4. The molecular formula is C26H31IN4O3. The smallest absolute Gasteiger partial charge is 0.291 e. The number of ether oxygens (including phenoxy) is 1. The monoisotopic (exact) mass is 574 g/mol. The Morgan fingerprint density at radius 3 is 2.71 bits per heavy atom. The SMILES string of the molecule is CCNC(=NCc1cccc(NC(=O)c2ccco2)c1)NCc1ccccc1OCC1CC1.I. The van der Waals surface area contributed by atoms with Crippen LogP contribution in [0.4, 0.5) is 5.69 Å². The summed E-state index contributed by atoms with van der Waals surface area (Å²) in [4.78, 5) is 16.9. The van der Waals surface area contributed by atoms with Crippen molar-refractivity contribution in [3.63, 3.8) is 0 Å². The summed E-state index contributed by atoms with van der Waals surface area (Å²) in [5.41, 5.74) is 2.79. The Bertz CT molecular complexity index is 1080. The molecule has 1 fully saturated rings. The molecule has 0 saturated heterocycles. The van der Waals surface area contributed by atoms with E-state index in [4.69, 9.17) is 14.1 Å². The lowest BCUT2D eigenvalue weighted by molar-refractivity contribution is 0.0996. The minimum atomic E-state index is -0.279. The predicted molar refractivity (Wildman–Crippen MR) is 145 cm³/mol. The highest BCUT2D eigenvalue weighted by molar-refractivity contribution is 14.0. The second-order valence-electron chi connectivity index (χ2n) is 8.04. The van der Waals surface area contributed by atoms with Crippen LogP contribution in [-0.2, 0) is 13.1 Å². The van der Waals surface area contributed by atoms with E-state index in [1.165, 1.54) is 19.1 Å². The second kappa shape index (κ2) is 13.0. The van der Waals surface area contributed by atoms with Crippen LogP contribution in [0.3, 0.4) is 0 Å². The second-order valence-corrected chi connectivity index (χ2v) is 8.04. The van der Waals surface area contributed by atoms with Gasteiger partial charge in [0.2, 0.25) is 0 Å². The van der Waals surface area contributed by atoms with Crippen molar-refractivity contribution < 1.29 is 13.9 Å². The van der Waals surface area contributed by atoms with Crippen LogP contribution in [0.5, 0.6) is 5.75 Å². The summed E-state index contributed by atoms with van der Waals surface area (Å²) in [5, 5.41) is 9.53. The van der Waals surface area contributed by atoms with Gasteiger partial charge in [0.1, 0.15) is 5.75 Å². The quantitative estimate of drug-likeness (QED) is 0.176. The van der Waals surface area contributed by atoms with Crippen LogP contribution in [0.25, 0.3) is 0 Å². The molecule has 1 heterocycles. The van der Waals surface area contributed by atoms with Gasteiger partial charge >= 0.3 is 0 Å². The Labute approximate surface area is 217 Å². The van der Waals surface area contributed by atoms with E-state index in [0.29, 0.717) is 24.7 Å². The maximum absolute atomic E-state index is 12.2. The summed E-state index contributed by atoms with van der Waals surface area (Å²) in [6.07, 6.45) is 4.02. The van der Waals surface area contributed by atoms with Gasteiger partial charge in [0.25, 0.3) is 5.91 Å². The highest BCUT2D eigenvalue weighted by Gasteiger charge is 2.22. The van der Waals surface area contributed by atoms with Crippen LogP contribution in [0.1, 0.15) is 41.4 Å². The molecule has 1 saturated carbocycles. The summed E-state index contributed by atoms with van der Waals surface area (Å²) in [7, 11) is 0. The Morgan fingerprint density at radius 2 is 1.94 bits per heavy atom. The molecule has 2 aromatic carbocycles. The first-order valence-corrected chi connectivity index (χ1v) is 11.4. The van der Waals surface area contributed by atoms with Gasteiger partial charge in [0.15, 0.2) is 11.7 Å². The third-order valence-corrected chi connectivity index (χ3v) is 5.28. The van der Waals surface area contributed by atoms with E-state index in [1.54, 1.807) is 12.1 Å². The molecule has 4 rings (SSSR count). The van der Waals surface area contributed by atoms with Crippen molar-refractivity contribution in [2.45, 2.75) is 32.9 Å². The van der Waals surface area contributed by atoms with Crippen molar-refractivity contribution in [3.8, 4) is 5.75 Å². The first-order chi connectivity index (χ1) is 16.2. The molecular weight excluding hydrogens is 543 g/mol. The fraction of sp³-hybridized carbons (Fsp3) is 0.308. The molecule has 34 heavy (non-hydrogen) atoms. The number of nitrogens with one attached hydrogen (secondary N) is 3. The van der Waals surface area contributed by atoms with Gasteiger partial charge in [0, 0.05) is 24.3 Å². The number of hydrogen-bond donors (Lipinski definition) is 3. The minimum Gasteiger partial charge on any atom is -0.493 e. The highest BCUT2D eigenvalue weighted by atomic mass is 127. The lowest BCUT2D eigenvalue weighted by Gasteiger charge is -2.15. The van der Waals surface area contributed by atoms with Crippen molar-refractivity contribution in [2.24, 2.45) is 10.9 Å². The largest absolute Gasteiger partial charge is 0.493 e. The van der Waals surface area contributed by atoms with Gasteiger partial charge in [-0.05, 0) is 61.6 Å². The zero-order valence-electron chi connectivity index (χ0n) is 19.3. The van der Waals surface area contributed by atoms with Gasteiger partial charge in [-0.2, -0.15) is 0 Å². The van der Waals surface area contributed by atoms with E-state index in [2.05, 4.69) is 22.0 Å². The molecule has 1 amide bonds. The number of guanidine groups is 1. The Balaban J connectivity index is 0.00000324. The van der Waals surface area contributed by atoms with Gasteiger partial charge in [-0.1, -0.05) is 30.3 Å². The van der Waals surface area contributed by atoms with E-state index in [1.807, 2.05) is 49.4 Å². The number of anilines is 1. The van der Waals surface area contributed by atoms with Crippen LogP contribution in [-0.4, -0.2) is 25.0 Å². The number of carbonyl (C=O) groups is 1. The van der Waals surface area contributed by atoms with Gasteiger partial charge < -0.3 is 25.1 Å². The fourth-order valence-corrected chi connectivity index (χ4v) is 3.32. The summed E-state index contributed by atoms with van der Waals surface area (Å²) in [6, 6.07) is 19.1. The van der Waals surface area contributed by atoms with Crippen LogP contribution in [0.2, 0.25) is 0 Å². The average molecular weight is 574 g/mol. The number of nitrogens with zero attached hydrogens (tertiary/aromatic N) is 1. The highest BCUT2D eigenvalue weighted by Crippen LogP contribution is 2.30. The Morgan fingerprint density at radius 1 is 1.09 bits per heavy atom. The average Bonchev–Trinajstić information content (AvgIpc) is 3.50. The van der Waals surface area contributed by atoms with Crippen molar-refractivity contribution in [2.75, 3.05) is 18.5 Å². The summed E-state index contributed by atoms with van der Waals surface area (Å²) in [6.45, 7) is 4.67. The standard InChI is InChI=1S/C26H30N4O3.HI/c1-2-27-26(29-17-21-8-3-4-10-23(21)33-18-19-12-13-19)28-16-20-7-5-9-22(15-20)30-25(31)24-11-6-14-32-24;/h3-11,14-15,19H,2,12-13,16-18H2,1H3,(H,30,31)(H2,27,28,29);1H. The molecule has 0 radical (unpaired) electrons. The van der Waals surface area contributed by atoms with E-state index in [9.17, 15) is 4.79 Å². The number of para-hydroxylation sites is 1. The van der Waals surface area contributed by atoms with Crippen molar-refractivity contribution in [1.82, 2.24) is 10.6 Å². The lowest BCUT2D eigenvalue weighted by Crippen LogP contribution is -2.36. The number of benzene rings is 2. The maximum Gasteiger partial charge on any atom is 0.291 e. The van der Waals surface area contributed by atoms with Crippen LogP contribution in [0.15, 0.2) is 76.3 Å². The molecule has 180 valence electrons. The maximum atomic E-state index is 12.2. The molecule has 1 aliphatic carbocycles. The summed E-state index contributed by atoms with van der Waals surface area (Å²) < 4.78 is 11.2. The van der Waals surface area contributed by atoms with Crippen molar-refractivity contribution >= 4 is 41.5 Å². The fourth-order valence-electron chi connectivity index (χ4n) is 3.32. The van der Waals surface area contributed by atoms with Gasteiger partial charge in [-0.3, -0.25) is 4.79 Å². The van der Waals surface area contributed by atoms with E-state index in [-0.39, 0.29) is 35.6 Å². The third kappa shape index (κ3) is 7.79. The zero-order chi connectivity index (χ0) is 22.9. The number of rotatable bonds is 10. The molecule has 0 atom stereocenters. The normalized spacial score (nSPS) is 13.0. The van der Waals surface area contributed by atoms with E-state index in [0.717, 1.165) is 36.0 Å². The molecule has 8 heteroatoms. The molecule has 0 bridgehead atoms. The van der Waals surface area contributed by atoms with Crippen LogP contribution >= 0.6 is 24.0 Å². The Hall–Kier alpha value is -3.01. The first kappa shape index (κ1) is 25.6. The predicted octanol–water partition coefficient (Wildman–Crippen LogP) is 5.19. The minimum absolute atomic E-state index is 0. The number of halogens is 1. The van der Waals surface area contributed by atoms with Gasteiger partial charge in [0.05, 0.1) is 19.4 Å². The molecule has 1 aromatic heterocycles. The molecule has 0 spiro atoms. The van der Waals surface area contributed by atoms with Crippen LogP contribution in [0, 0.1) is 5.92 Å². The number of furan rings is 1. The van der Waals surface area contributed by atoms with Crippen molar-refractivity contribution in [3.05, 3.63) is 83.8 Å². The van der Waals surface area contributed by atoms with E-state index >= 15 is 0 Å². The third-order valence-electron chi connectivity index (χ3n) is 5.28. The van der Waals surface area contributed by atoms with Gasteiger partial charge in [-0.15, -0.1) is 24.0 Å². The molecule has 3 N–H and O–H groups in total. The molecule has 1 aliphatic rings. The zero-order valence-corrected chi connectivity index (χ0v) is 21.6. The molecule has 0 unspecified atom stereocenters. The topological polar surface area (TPSA) is 87.9 Å². The van der Waals surface area contributed by atoms with Gasteiger partial charge in [-0.25, -0.2) is 4.99 Å². The number of aliphatic imine (C=N–C) groups is 1. The van der Waals surface area contributed by atoms with E-state index < -0.39 is 0 Å². The molecule has 0 aliphatic heterocycles. The number of carbonyl (C=O) groups excluding carboxylic acids is 1. The Kier molecular flexibility index (Phi) is 9.81. The summed E-state index contributed by atoms with van der Waals surface area (Å²) >= 11 is 0. The number of amides is 1. The lowest BCUT2D eigenvalue weighted by atomic mass is 10.2. The van der Waals surface area contributed by atoms with Crippen molar-refractivity contribution in [1.29, 1.82) is 0 Å².